The van der Waals surface area contributed by atoms with Gasteiger partial charge in [-0.25, -0.2) is 14.6 Å². The maximum absolute atomic E-state index is 11.3. The normalized spacial score (nSPS) is 16.7. The minimum Gasteiger partial charge on any atom is -0.292 e. The fourth-order valence-corrected chi connectivity index (χ4v) is 2.46. The molecule has 1 saturated carbocycles. The SMILES string of the molecule is CC(C)(C)OOC(=O)c1ccccc1.CC(C)(C)OOC1(OOC(C)(C)C)CCCCC1. The molecular formula is C25H42O7. The predicted molar refractivity (Wildman–Crippen MR) is 122 cm³/mol. The Kier molecular flexibility index (Phi) is 10.8. The summed E-state index contributed by atoms with van der Waals surface area (Å²) in [5.41, 5.74) is -0.702. The summed E-state index contributed by atoms with van der Waals surface area (Å²) in [6, 6.07) is 8.73. The van der Waals surface area contributed by atoms with Gasteiger partial charge in [0, 0.05) is 12.8 Å². The summed E-state index contributed by atoms with van der Waals surface area (Å²) < 4.78 is 0. The summed E-state index contributed by atoms with van der Waals surface area (Å²) in [6.07, 6.45) is 4.96. The Morgan fingerprint density at radius 3 is 1.53 bits per heavy atom. The van der Waals surface area contributed by atoms with Gasteiger partial charge in [0.25, 0.3) is 0 Å². The summed E-state index contributed by atoms with van der Waals surface area (Å²) in [4.78, 5) is 42.9. The molecule has 1 aromatic carbocycles. The van der Waals surface area contributed by atoms with Gasteiger partial charge in [0.2, 0.25) is 5.79 Å². The lowest BCUT2D eigenvalue weighted by atomic mass is 9.94. The van der Waals surface area contributed by atoms with Crippen LogP contribution >= 0.6 is 0 Å². The Morgan fingerprint density at radius 2 is 1.12 bits per heavy atom. The maximum atomic E-state index is 11.3. The molecule has 1 aliphatic rings. The van der Waals surface area contributed by atoms with Gasteiger partial charge < -0.3 is 0 Å². The van der Waals surface area contributed by atoms with Crippen LogP contribution in [-0.4, -0.2) is 28.6 Å². The van der Waals surface area contributed by atoms with E-state index >= 15 is 0 Å². The first-order chi connectivity index (χ1) is 14.6. The first kappa shape index (κ1) is 28.5. The third-order valence-corrected chi connectivity index (χ3v) is 3.88. The van der Waals surface area contributed by atoms with Crippen molar-refractivity contribution in [2.45, 2.75) is 117 Å². The molecule has 0 bridgehead atoms. The van der Waals surface area contributed by atoms with Crippen molar-refractivity contribution in [1.82, 2.24) is 0 Å². The van der Waals surface area contributed by atoms with E-state index in [1.807, 2.05) is 68.4 Å². The average molecular weight is 455 g/mol. The fourth-order valence-electron chi connectivity index (χ4n) is 2.46. The second-order valence-corrected chi connectivity index (χ2v) is 11.0. The molecule has 1 aromatic rings. The van der Waals surface area contributed by atoms with E-state index in [4.69, 9.17) is 24.4 Å². The number of hydrogen-bond donors (Lipinski definition) is 0. The second-order valence-electron chi connectivity index (χ2n) is 11.0. The van der Waals surface area contributed by atoms with Crippen molar-refractivity contribution >= 4 is 5.97 Å². The van der Waals surface area contributed by atoms with Crippen molar-refractivity contribution in [3.8, 4) is 0 Å². The molecule has 0 saturated heterocycles. The van der Waals surface area contributed by atoms with Gasteiger partial charge in [-0.2, -0.15) is 14.7 Å². The largest absolute Gasteiger partial charge is 0.373 e. The highest BCUT2D eigenvalue weighted by molar-refractivity contribution is 5.88. The second kappa shape index (κ2) is 12.1. The quantitative estimate of drug-likeness (QED) is 0.268. The van der Waals surface area contributed by atoms with Crippen molar-refractivity contribution in [3.05, 3.63) is 35.9 Å². The predicted octanol–water partition coefficient (Wildman–Crippen LogP) is 6.71. The van der Waals surface area contributed by atoms with Crippen LogP contribution in [0.1, 0.15) is 105 Å². The molecule has 1 fully saturated rings. The molecule has 184 valence electrons. The highest BCUT2D eigenvalue weighted by Crippen LogP contribution is 2.35. The minimum absolute atomic E-state index is 0.352. The van der Waals surface area contributed by atoms with Crippen LogP contribution in [0.3, 0.4) is 0 Å². The monoisotopic (exact) mass is 454 g/mol. The molecule has 0 aliphatic heterocycles. The van der Waals surface area contributed by atoms with Crippen molar-refractivity contribution in [2.75, 3.05) is 0 Å². The smallest absolute Gasteiger partial charge is 0.292 e. The fraction of sp³-hybridized carbons (Fsp3) is 0.720. The number of carbonyl (C=O) groups excluding carboxylic acids is 1. The van der Waals surface area contributed by atoms with E-state index in [2.05, 4.69) is 4.89 Å². The van der Waals surface area contributed by atoms with Gasteiger partial charge in [0.05, 0.1) is 16.8 Å². The van der Waals surface area contributed by atoms with Gasteiger partial charge in [-0.05, 0) is 87.3 Å². The highest BCUT2D eigenvalue weighted by Gasteiger charge is 2.39. The van der Waals surface area contributed by atoms with Crippen LogP contribution in [0.2, 0.25) is 0 Å². The Balaban J connectivity index is 0.000000330. The van der Waals surface area contributed by atoms with E-state index in [-0.39, 0.29) is 11.2 Å². The molecule has 0 spiro atoms. The van der Waals surface area contributed by atoms with Crippen LogP contribution in [0.25, 0.3) is 0 Å². The number of hydrogen-bond acceptors (Lipinski definition) is 7. The molecule has 7 heteroatoms. The third-order valence-electron chi connectivity index (χ3n) is 3.88. The molecule has 7 nitrogen and oxygen atoms in total. The number of carbonyl (C=O) groups is 1. The average Bonchev–Trinajstić information content (AvgIpc) is 2.70. The number of rotatable bonds is 6. The molecule has 32 heavy (non-hydrogen) atoms. The zero-order chi connectivity index (χ0) is 24.5. The summed E-state index contributed by atoms with van der Waals surface area (Å²) in [5.74, 6) is -1.22. The van der Waals surface area contributed by atoms with E-state index in [1.165, 1.54) is 6.42 Å². The standard InChI is InChI=1S/C14H28O4.C11H14O3/c1-12(2,3)15-17-14(10-8-7-9-11-14)18-16-13(4,5)6;1-11(2,3)14-13-10(12)9-7-5-4-6-8-9/h7-11H2,1-6H3;4-8H,1-3H3. The zero-order valence-corrected chi connectivity index (χ0v) is 21.3. The molecule has 0 amide bonds. The molecule has 2 rings (SSSR count). The van der Waals surface area contributed by atoms with Gasteiger partial charge in [0.1, 0.15) is 5.60 Å². The van der Waals surface area contributed by atoms with Crippen LogP contribution in [0, 0.1) is 0 Å². The van der Waals surface area contributed by atoms with Gasteiger partial charge in [-0.1, -0.05) is 24.6 Å². The molecule has 0 radical (unpaired) electrons. The lowest BCUT2D eigenvalue weighted by Crippen LogP contribution is -2.42. The lowest BCUT2D eigenvalue weighted by molar-refractivity contribution is -0.545. The topological polar surface area (TPSA) is 72.5 Å². The van der Waals surface area contributed by atoms with Crippen LogP contribution < -0.4 is 0 Å². The summed E-state index contributed by atoms with van der Waals surface area (Å²) >= 11 is 0. The molecule has 0 N–H and O–H groups in total. The Labute approximate surface area is 193 Å². The number of benzene rings is 1. The van der Waals surface area contributed by atoms with Crippen molar-refractivity contribution in [2.24, 2.45) is 0 Å². The highest BCUT2D eigenvalue weighted by atomic mass is 17.3. The summed E-state index contributed by atoms with van der Waals surface area (Å²) in [5, 5.41) is 0. The van der Waals surface area contributed by atoms with Gasteiger partial charge in [0.15, 0.2) is 0 Å². The lowest BCUT2D eigenvalue weighted by Gasteiger charge is -2.37. The van der Waals surface area contributed by atoms with E-state index in [9.17, 15) is 4.79 Å². The van der Waals surface area contributed by atoms with E-state index in [1.54, 1.807) is 24.3 Å². The molecule has 1 aliphatic carbocycles. The van der Waals surface area contributed by atoms with Gasteiger partial charge in [-0.3, -0.25) is 4.89 Å². The minimum atomic E-state index is -0.751. The van der Waals surface area contributed by atoms with Crippen LogP contribution in [-0.2, 0) is 29.3 Å². The molecule has 0 aromatic heterocycles. The molecule has 0 atom stereocenters. The van der Waals surface area contributed by atoms with E-state index < -0.39 is 17.4 Å². The van der Waals surface area contributed by atoms with Gasteiger partial charge in [-0.15, -0.1) is 0 Å². The Hall–Kier alpha value is -1.51. The van der Waals surface area contributed by atoms with Crippen molar-refractivity contribution in [3.63, 3.8) is 0 Å². The maximum Gasteiger partial charge on any atom is 0.373 e. The Morgan fingerprint density at radius 1 is 0.688 bits per heavy atom. The molecular weight excluding hydrogens is 412 g/mol. The van der Waals surface area contributed by atoms with E-state index in [0.717, 1.165) is 25.7 Å². The van der Waals surface area contributed by atoms with E-state index in [0.29, 0.717) is 5.56 Å². The Bertz CT molecular complexity index is 640. The van der Waals surface area contributed by atoms with Crippen LogP contribution in [0.4, 0.5) is 0 Å². The first-order valence-corrected chi connectivity index (χ1v) is 11.3. The van der Waals surface area contributed by atoms with Crippen molar-refractivity contribution < 1.29 is 34.1 Å². The molecule has 0 unspecified atom stereocenters. The summed E-state index contributed by atoms with van der Waals surface area (Å²) in [7, 11) is 0. The van der Waals surface area contributed by atoms with Crippen LogP contribution in [0.5, 0.6) is 0 Å². The first-order valence-electron chi connectivity index (χ1n) is 11.3. The molecule has 0 heterocycles. The van der Waals surface area contributed by atoms with Gasteiger partial charge >= 0.3 is 5.97 Å². The third kappa shape index (κ3) is 13.1. The zero-order valence-electron chi connectivity index (χ0n) is 21.3. The van der Waals surface area contributed by atoms with Crippen molar-refractivity contribution in [1.29, 1.82) is 0 Å². The summed E-state index contributed by atoms with van der Waals surface area (Å²) in [6.45, 7) is 17.1. The van der Waals surface area contributed by atoms with Crippen LogP contribution in [0.15, 0.2) is 30.3 Å².